The highest BCUT2D eigenvalue weighted by atomic mass is 35.5. The summed E-state index contributed by atoms with van der Waals surface area (Å²) >= 11 is 5.95. The number of ether oxygens (including phenoxy) is 1. The lowest BCUT2D eigenvalue weighted by Gasteiger charge is -2.09. The minimum absolute atomic E-state index is 0.404. The molecule has 18 heavy (non-hydrogen) atoms. The van der Waals surface area contributed by atoms with Crippen molar-refractivity contribution in [2.75, 3.05) is 0 Å². The van der Waals surface area contributed by atoms with Gasteiger partial charge in [0.2, 0.25) is 0 Å². The lowest BCUT2D eigenvalue weighted by molar-refractivity contribution is 0.284. The molecule has 2 rings (SSSR count). The molecule has 0 saturated heterocycles. The molecule has 0 aliphatic rings. The van der Waals surface area contributed by atoms with Gasteiger partial charge in [0.15, 0.2) is 5.82 Å². The van der Waals surface area contributed by atoms with Crippen LogP contribution in [0, 0.1) is 6.92 Å². The van der Waals surface area contributed by atoms with Crippen molar-refractivity contribution in [2.24, 2.45) is 0 Å². The summed E-state index contributed by atoms with van der Waals surface area (Å²) in [6.07, 6.45) is 2.58. The Morgan fingerprint density at radius 2 is 2.22 bits per heavy atom. The van der Waals surface area contributed by atoms with E-state index in [9.17, 15) is 0 Å². The van der Waals surface area contributed by atoms with E-state index in [1.165, 1.54) is 0 Å². The van der Waals surface area contributed by atoms with Crippen LogP contribution in [0.5, 0.6) is 5.75 Å². The first-order chi connectivity index (χ1) is 8.70. The molecule has 0 fully saturated rings. The first-order valence-electron chi connectivity index (χ1n) is 5.96. The molecular weight excluding hydrogens is 250 g/mol. The molecule has 0 N–H and O–H groups in total. The van der Waals surface area contributed by atoms with Gasteiger partial charge < -0.3 is 4.74 Å². The molecule has 0 saturated carbocycles. The number of nitrogens with zero attached hydrogens (tertiary/aromatic N) is 3. The lowest BCUT2D eigenvalue weighted by Crippen LogP contribution is -2.08. The summed E-state index contributed by atoms with van der Waals surface area (Å²) in [5.74, 6) is 1.62. The van der Waals surface area contributed by atoms with E-state index in [2.05, 4.69) is 17.0 Å². The van der Waals surface area contributed by atoms with Crippen LogP contribution in [0.2, 0.25) is 5.02 Å². The number of halogens is 1. The Morgan fingerprint density at radius 3 is 3.00 bits per heavy atom. The van der Waals surface area contributed by atoms with Gasteiger partial charge in [0.25, 0.3) is 0 Å². The quantitative estimate of drug-likeness (QED) is 0.833. The van der Waals surface area contributed by atoms with Gasteiger partial charge in [0, 0.05) is 11.6 Å². The van der Waals surface area contributed by atoms with Gasteiger partial charge in [-0.05, 0) is 31.0 Å². The smallest absolute Gasteiger partial charge is 0.164 e. The Labute approximate surface area is 112 Å². The molecule has 0 atom stereocenters. The minimum atomic E-state index is 0.404. The molecule has 0 radical (unpaired) electrons. The van der Waals surface area contributed by atoms with Crippen molar-refractivity contribution >= 4 is 11.6 Å². The van der Waals surface area contributed by atoms with Crippen LogP contribution in [-0.4, -0.2) is 14.8 Å². The van der Waals surface area contributed by atoms with Crippen LogP contribution in [0.1, 0.15) is 24.7 Å². The fourth-order valence-electron chi connectivity index (χ4n) is 1.67. The van der Waals surface area contributed by atoms with Crippen LogP contribution in [-0.2, 0) is 13.2 Å². The van der Waals surface area contributed by atoms with Crippen molar-refractivity contribution < 1.29 is 4.74 Å². The maximum Gasteiger partial charge on any atom is 0.164 e. The first kappa shape index (κ1) is 12.9. The summed E-state index contributed by atoms with van der Waals surface area (Å²) in [6.45, 7) is 5.35. The average molecular weight is 266 g/mol. The zero-order chi connectivity index (χ0) is 13.0. The molecule has 1 heterocycles. The van der Waals surface area contributed by atoms with Gasteiger partial charge in [-0.1, -0.05) is 24.6 Å². The molecule has 1 aromatic heterocycles. The minimum Gasteiger partial charge on any atom is -0.485 e. The van der Waals surface area contributed by atoms with Gasteiger partial charge in [0.05, 0.1) is 0 Å². The van der Waals surface area contributed by atoms with Gasteiger partial charge in [0.1, 0.15) is 18.7 Å². The van der Waals surface area contributed by atoms with Crippen LogP contribution in [0.25, 0.3) is 0 Å². The summed E-state index contributed by atoms with van der Waals surface area (Å²) in [5.41, 5.74) is 1.06. The second kappa shape index (κ2) is 5.87. The number of benzene rings is 1. The van der Waals surface area contributed by atoms with Crippen molar-refractivity contribution in [1.82, 2.24) is 14.8 Å². The molecular formula is C13H16ClN3O. The van der Waals surface area contributed by atoms with E-state index in [1.807, 2.05) is 29.8 Å². The van der Waals surface area contributed by atoms with Crippen LogP contribution in [0.3, 0.4) is 0 Å². The van der Waals surface area contributed by atoms with E-state index in [0.717, 1.165) is 30.1 Å². The highest BCUT2D eigenvalue weighted by molar-refractivity contribution is 6.30. The fourth-order valence-corrected chi connectivity index (χ4v) is 1.83. The predicted octanol–water partition coefficient (Wildman–Crippen LogP) is 3.23. The Balaban J connectivity index is 2.06. The standard InChI is InChI=1S/C13H16ClN3O/c1-3-6-17-13(15-9-16-17)8-18-12-7-11(14)5-4-10(12)2/h4-5,7,9H,3,6,8H2,1-2H3. The molecule has 0 spiro atoms. The second-order valence-electron chi connectivity index (χ2n) is 4.10. The highest BCUT2D eigenvalue weighted by Gasteiger charge is 2.06. The molecule has 0 aliphatic heterocycles. The molecule has 0 aliphatic carbocycles. The van der Waals surface area contributed by atoms with E-state index in [1.54, 1.807) is 6.33 Å². The second-order valence-corrected chi connectivity index (χ2v) is 4.53. The van der Waals surface area contributed by atoms with Gasteiger partial charge >= 0.3 is 0 Å². The van der Waals surface area contributed by atoms with Crippen LogP contribution in [0.4, 0.5) is 0 Å². The summed E-state index contributed by atoms with van der Waals surface area (Å²) < 4.78 is 7.60. The van der Waals surface area contributed by atoms with Gasteiger partial charge in [-0.25, -0.2) is 9.67 Å². The number of rotatable bonds is 5. The summed E-state index contributed by atoms with van der Waals surface area (Å²) in [4.78, 5) is 4.20. The molecule has 2 aromatic rings. The van der Waals surface area contributed by atoms with Crippen LogP contribution >= 0.6 is 11.6 Å². The third-order valence-corrected chi connectivity index (χ3v) is 2.87. The normalized spacial score (nSPS) is 10.6. The third-order valence-electron chi connectivity index (χ3n) is 2.64. The van der Waals surface area contributed by atoms with E-state index >= 15 is 0 Å². The predicted molar refractivity (Wildman–Crippen MR) is 70.8 cm³/mol. The zero-order valence-electron chi connectivity index (χ0n) is 10.6. The van der Waals surface area contributed by atoms with Gasteiger partial charge in [-0.15, -0.1) is 0 Å². The van der Waals surface area contributed by atoms with Crippen LogP contribution < -0.4 is 4.74 Å². The molecule has 1 aromatic carbocycles. The van der Waals surface area contributed by atoms with Crippen molar-refractivity contribution in [1.29, 1.82) is 0 Å². The Morgan fingerprint density at radius 1 is 1.39 bits per heavy atom. The average Bonchev–Trinajstić information content (AvgIpc) is 2.78. The maximum absolute atomic E-state index is 5.95. The third kappa shape index (κ3) is 3.01. The van der Waals surface area contributed by atoms with E-state index in [4.69, 9.17) is 16.3 Å². The molecule has 5 heteroatoms. The summed E-state index contributed by atoms with van der Waals surface area (Å²) in [5, 5.41) is 4.83. The van der Waals surface area contributed by atoms with Crippen molar-refractivity contribution in [3.05, 3.63) is 40.9 Å². The van der Waals surface area contributed by atoms with Crippen LogP contribution in [0.15, 0.2) is 24.5 Å². The number of hydrogen-bond acceptors (Lipinski definition) is 3. The number of aryl methyl sites for hydroxylation is 2. The maximum atomic E-state index is 5.95. The van der Waals surface area contributed by atoms with E-state index in [-0.39, 0.29) is 0 Å². The van der Waals surface area contributed by atoms with E-state index in [0.29, 0.717) is 11.6 Å². The topological polar surface area (TPSA) is 39.9 Å². The van der Waals surface area contributed by atoms with Crippen molar-refractivity contribution in [3.63, 3.8) is 0 Å². The first-order valence-corrected chi connectivity index (χ1v) is 6.34. The number of hydrogen-bond donors (Lipinski definition) is 0. The molecule has 96 valence electrons. The molecule has 4 nitrogen and oxygen atoms in total. The highest BCUT2D eigenvalue weighted by Crippen LogP contribution is 2.23. The fraction of sp³-hybridized carbons (Fsp3) is 0.385. The van der Waals surface area contributed by atoms with E-state index < -0.39 is 0 Å². The SMILES string of the molecule is CCCn1ncnc1COc1cc(Cl)ccc1C. The summed E-state index contributed by atoms with van der Waals surface area (Å²) in [7, 11) is 0. The molecule has 0 amide bonds. The Kier molecular flexibility index (Phi) is 4.20. The number of aromatic nitrogens is 3. The Bertz CT molecular complexity index is 525. The Hall–Kier alpha value is -1.55. The summed E-state index contributed by atoms with van der Waals surface area (Å²) in [6, 6.07) is 5.61. The van der Waals surface area contributed by atoms with Crippen molar-refractivity contribution in [3.8, 4) is 5.75 Å². The molecule has 0 bridgehead atoms. The lowest BCUT2D eigenvalue weighted by atomic mass is 10.2. The van der Waals surface area contributed by atoms with Gasteiger partial charge in [-0.2, -0.15) is 5.10 Å². The monoisotopic (exact) mass is 265 g/mol. The molecule has 0 unspecified atom stereocenters. The largest absolute Gasteiger partial charge is 0.485 e. The zero-order valence-corrected chi connectivity index (χ0v) is 11.3. The van der Waals surface area contributed by atoms with Crippen molar-refractivity contribution in [2.45, 2.75) is 33.4 Å². The van der Waals surface area contributed by atoms with Gasteiger partial charge in [-0.3, -0.25) is 0 Å².